The molecule has 52 heavy (non-hydrogen) atoms. The molecular weight excluding hydrogens is 635 g/mol. The second kappa shape index (κ2) is 9.22. The molecule has 6 aromatic carbocycles. The van der Waals surface area contributed by atoms with Crippen LogP contribution in [0.1, 0.15) is 22.3 Å². The number of rotatable bonds is 3. The van der Waals surface area contributed by atoms with Crippen molar-refractivity contribution in [3.63, 3.8) is 0 Å². The molecule has 3 aliphatic rings. The van der Waals surface area contributed by atoms with E-state index < -0.39 is 5.66 Å². The van der Waals surface area contributed by atoms with E-state index in [9.17, 15) is 0 Å². The number of para-hydroxylation sites is 2. The van der Waals surface area contributed by atoms with E-state index >= 15 is 0 Å². The molecule has 0 bridgehead atoms. The van der Waals surface area contributed by atoms with E-state index in [4.69, 9.17) is 0 Å². The Hall–Kier alpha value is -6.98. The van der Waals surface area contributed by atoms with Gasteiger partial charge in [-0.3, -0.25) is 0 Å². The van der Waals surface area contributed by atoms with Crippen LogP contribution in [0.4, 0.5) is 0 Å². The summed E-state index contributed by atoms with van der Waals surface area (Å²) in [4.78, 5) is 0. The summed E-state index contributed by atoms with van der Waals surface area (Å²) in [5.74, 6) is 0. The van der Waals surface area contributed by atoms with Crippen molar-refractivity contribution in [2.24, 2.45) is 0 Å². The van der Waals surface area contributed by atoms with Crippen LogP contribution in [0, 0.1) is 0 Å². The molecule has 0 aliphatic carbocycles. The normalized spacial score (nSPS) is 16.1. The molecule has 0 fully saturated rings. The minimum absolute atomic E-state index is 0.661. The number of aromatic nitrogens is 5. The average Bonchev–Trinajstić information content (AvgIpc) is 3.95. The van der Waals surface area contributed by atoms with Crippen molar-refractivity contribution >= 4 is 55.9 Å². The molecule has 0 saturated heterocycles. The lowest BCUT2D eigenvalue weighted by atomic mass is 9.83. The minimum Gasteiger partial charge on any atom is -0.307 e. The van der Waals surface area contributed by atoms with Gasteiger partial charge in [-0.05, 0) is 71.3 Å². The first-order valence-electron chi connectivity index (χ1n) is 17.9. The van der Waals surface area contributed by atoms with Crippen molar-refractivity contribution in [1.82, 2.24) is 13.8 Å². The summed E-state index contributed by atoms with van der Waals surface area (Å²) in [6, 6.07) is 53.3. The van der Waals surface area contributed by atoms with E-state index in [0.29, 0.717) is 0 Å². The summed E-state index contributed by atoms with van der Waals surface area (Å²) in [6.45, 7) is 0. The molecule has 0 N–H and O–H groups in total. The van der Waals surface area contributed by atoms with Crippen molar-refractivity contribution in [3.05, 3.63) is 186 Å². The average molecular weight is 664 g/mol. The van der Waals surface area contributed by atoms with Gasteiger partial charge < -0.3 is 4.57 Å². The van der Waals surface area contributed by atoms with Crippen LogP contribution in [-0.4, -0.2) is 13.8 Å². The summed E-state index contributed by atoms with van der Waals surface area (Å²) in [5.41, 5.74) is 15.3. The maximum atomic E-state index is 2.57. The second-order valence-corrected chi connectivity index (χ2v) is 14.3. The number of fused-ring (bicyclic) bond motifs is 10. The molecule has 1 unspecified atom stereocenters. The predicted octanol–water partition coefficient (Wildman–Crippen LogP) is 9.32. The Bertz CT molecular complexity index is 3230. The third-order valence-electron chi connectivity index (χ3n) is 11.8. The van der Waals surface area contributed by atoms with Gasteiger partial charge in [-0.15, -0.1) is 4.68 Å². The summed E-state index contributed by atoms with van der Waals surface area (Å²) in [6.07, 6.45) is 11.4. The third kappa shape index (κ3) is 3.00. The standard InChI is InChI=1S/C47H29N5/c1-2-10-30(11-3-1)19-20-31-21-23-32(24-22-31)33-28-49-40-17-8-18-41-43(40)47(50(49)29-33)44-42(26-25-36-34-12-4-6-15-38(34)51(41)45(36)44)52-39-16-7-5-13-35(39)37-14-9-27-48(47)46(37)52/h1-29H/q+2/b20-19+. The molecule has 5 heteroatoms. The maximum absolute atomic E-state index is 2.57. The Morgan fingerprint density at radius 1 is 0.481 bits per heavy atom. The highest BCUT2D eigenvalue weighted by Crippen LogP contribution is 2.53. The summed E-state index contributed by atoms with van der Waals surface area (Å²) < 4.78 is 12.5. The van der Waals surface area contributed by atoms with Crippen LogP contribution in [0.3, 0.4) is 0 Å². The van der Waals surface area contributed by atoms with Crippen molar-refractivity contribution in [2.45, 2.75) is 5.66 Å². The zero-order valence-electron chi connectivity index (χ0n) is 28.0. The molecule has 1 atom stereocenters. The van der Waals surface area contributed by atoms with Crippen LogP contribution in [0.25, 0.3) is 84.1 Å². The SMILES string of the molecule is C(=C\c1ccc(-c2cn3[n+](c2)C24c5c(cccc5-3)-n3c5ccccc5c5ccc(c2c53)-n2c3ccccc3c3ccc[n+]4c32)cc1)/c1ccccc1. The Labute approximate surface area is 298 Å². The van der Waals surface area contributed by atoms with Gasteiger partial charge in [0, 0.05) is 16.2 Å². The van der Waals surface area contributed by atoms with Gasteiger partial charge in [-0.25, -0.2) is 0 Å². The van der Waals surface area contributed by atoms with Gasteiger partial charge in [0.1, 0.15) is 22.3 Å². The zero-order chi connectivity index (χ0) is 33.7. The smallest absolute Gasteiger partial charge is 0.307 e. The highest BCUT2D eigenvalue weighted by atomic mass is 15.5. The molecule has 1 spiro atoms. The third-order valence-corrected chi connectivity index (χ3v) is 11.8. The summed E-state index contributed by atoms with van der Waals surface area (Å²) in [5, 5.41) is 5.08. The molecule has 13 rings (SSSR count). The lowest BCUT2D eigenvalue weighted by molar-refractivity contribution is -0.987. The Morgan fingerprint density at radius 2 is 1.15 bits per heavy atom. The van der Waals surface area contributed by atoms with Crippen molar-refractivity contribution in [3.8, 4) is 28.2 Å². The first-order valence-corrected chi connectivity index (χ1v) is 17.9. The van der Waals surface area contributed by atoms with Crippen LogP contribution < -0.4 is 9.25 Å². The lowest BCUT2D eigenvalue weighted by Gasteiger charge is -2.33. The van der Waals surface area contributed by atoms with Crippen LogP contribution in [0.2, 0.25) is 0 Å². The van der Waals surface area contributed by atoms with E-state index in [0.717, 1.165) is 0 Å². The number of benzene rings is 6. The molecule has 5 nitrogen and oxygen atoms in total. The van der Waals surface area contributed by atoms with Crippen LogP contribution in [-0.2, 0) is 5.66 Å². The van der Waals surface area contributed by atoms with Crippen LogP contribution in [0.5, 0.6) is 0 Å². The van der Waals surface area contributed by atoms with Gasteiger partial charge in [0.25, 0.3) is 0 Å². The van der Waals surface area contributed by atoms with Gasteiger partial charge in [-0.2, -0.15) is 9.13 Å². The fourth-order valence-corrected chi connectivity index (χ4v) is 9.80. The fraction of sp³-hybridized carbons (Fsp3) is 0.0213. The minimum atomic E-state index is -0.661. The molecule has 240 valence electrons. The molecule has 4 aromatic heterocycles. The molecule has 0 radical (unpaired) electrons. The van der Waals surface area contributed by atoms with Gasteiger partial charge in [0.15, 0.2) is 5.69 Å². The zero-order valence-corrected chi connectivity index (χ0v) is 28.0. The van der Waals surface area contributed by atoms with Gasteiger partial charge in [0.2, 0.25) is 6.20 Å². The second-order valence-electron chi connectivity index (χ2n) is 14.3. The van der Waals surface area contributed by atoms with Crippen molar-refractivity contribution < 1.29 is 9.25 Å². The fourth-order valence-electron chi connectivity index (χ4n) is 9.80. The van der Waals surface area contributed by atoms with E-state index in [-0.39, 0.29) is 0 Å². The Kier molecular flexibility index (Phi) is 4.76. The summed E-state index contributed by atoms with van der Waals surface area (Å²) >= 11 is 0. The Morgan fingerprint density at radius 3 is 1.98 bits per heavy atom. The summed E-state index contributed by atoms with van der Waals surface area (Å²) in [7, 11) is 0. The molecule has 7 heterocycles. The Balaban J connectivity index is 1.14. The monoisotopic (exact) mass is 663 g/mol. The van der Waals surface area contributed by atoms with Crippen LogP contribution >= 0.6 is 0 Å². The van der Waals surface area contributed by atoms with E-state index in [1.54, 1.807) is 0 Å². The van der Waals surface area contributed by atoms with Crippen LogP contribution in [0.15, 0.2) is 164 Å². The van der Waals surface area contributed by atoms with Gasteiger partial charge in [0.05, 0.1) is 40.1 Å². The molecule has 0 saturated carbocycles. The number of hydrogen-bond donors (Lipinski definition) is 0. The predicted molar refractivity (Wildman–Crippen MR) is 207 cm³/mol. The largest absolute Gasteiger partial charge is 0.394 e. The molecule has 0 amide bonds. The molecule has 10 aromatic rings. The van der Waals surface area contributed by atoms with Gasteiger partial charge in [-0.1, -0.05) is 108 Å². The first kappa shape index (κ1) is 26.8. The van der Waals surface area contributed by atoms with E-state index in [1.807, 2.05) is 0 Å². The number of nitrogens with zero attached hydrogens (tertiary/aromatic N) is 5. The molecular formula is C47H29N5+2. The first-order chi connectivity index (χ1) is 25.8. The number of hydrogen-bond acceptors (Lipinski definition) is 0. The lowest BCUT2D eigenvalue weighted by Crippen LogP contribution is -2.76. The van der Waals surface area contributed by atoms with Crippen molar-refractivity contribution in [2.75, 3.05) is 0 Å². The highest BCUT2D eigenvalue weighted by Gasteiger charge is 2.68. The quantitative estimate of drug-likeness (QED) is 0.133. The highest BCUT2D eigenvalue weighted by molar-refractivity contribution is 6.14. The topological polar surface area (TPSA) is 22.5 Å². The molecule has 3 aliphatic heterocycles. The van der Waals surface area contributed by atoms with E-state index in [1.165, 1.54) is 94.2 Å². The van der Waals surface area contributed by atoms with Gasteiger partial charge >= 0.3 is 11.3 Å². The number of pyridine rings is 1. The maximum Gasteiger partial charge on any atom is 0.394 e. The van der Waals surface area contributed by atoms with Crippen molar-refractivity contribution in [1.29, 1.82) is 0 Å². The van der Waals surface area contributed by atoms with E-state index in [2.05, 4.69) is 199 Å².